The number of anilines is 1. The van der Waals surface area contributed by atoms with Crippen molar-refractivity contribution in [2.75, 3.05) is 18.4 Å². The van der Waals surface area contributed by atoms with E-state index in [-0.39, 0.29) is 24.4 Å². The summed E-state index contributed by atoms with van der Waals surface area (Å²) in [6.45, 7) is 2.15. The number of aryl methyl sites for hydroxylation is 1. The maximum atomic E-state index is 13.0. The van der Waals surface area contributed by atoms with Crippen LogP contribution in [0.25, 0.3) is 0 Å². The number of sulfonamides is 1. The van der Waals surface area contributed by atoms with Crippen LogP contribution in [-0.4, -0.2) is 48.7 Å². The first-order valence-corrected chi connectivity index (χ1v) is 9.89. The average Bonchev–Trinajstić information content (AvgIpc) is 2.64. The number of carbonyl (C=O) groups is 2. The second kappa shape index (κ2) is 7.85. The average molecular weight is 388 g/mol. The van der Waals surface area contributed by atoms with E-state index in [0.717, 1.165) is 9.87 Å². The molecule has 1 aromatic heterocycles. The molecule has 1 aromatic carbocycles. The predicted octanol–water partition coefficient (Wildman–Crippen LogP) is 0.908. The highest BCUT2D eigenvalue weighted by atomic mass is 32.2. The maximum absolute atomic E-state index is 13.0. The molecule has 2 amide bonds. The number of nitrogens with zero attached hydrogens (tertiary/aromatic N) is 2. The zero-order valence-corrected chi connectivity index (χ0v) is 15.6. The van der Waals surface area contributed by atoms with Gasteiger partial charge in [-0.2, -0.15) is 4.31 Å². The van der Waals surface area contributed by atoms with E-state index in [9.17, 15) is 18.0 Å². The van der Waals surface area contributed by atoms with Crippen LogP contribution in [0.15, 0.2) is 53.6 Å². The number of benzene rings is 1. The third-order valence-corrected chi connectivity index (χ3v) is 6.14. The van der Waals surface area contributed by atoms with Crippen molar-refractivity contribution in [2.45, 2.75) is 24.3 Å². The number of rotatable bonds is 5. The van der Waals surface area contributed by atoms with Crippen LogP contribution in [0.1, 0.15) is 12.0 Å². The van der Waals surface area contributed by atoms with Crippen LogP contribution in [0.3, 0.4) is 0 Å². The van der Waals surface area contributed by atoms with Gasteiger partial charge < -0.3 is 10.6 Å². The Morgan fingerprint density at radius 2 is 2.00 bits per heavy atom. The van der Waals surface area contributed by atoms with Gasteiger partial charge in [-0.05, 0) is 31.2 Å². The minimum Gasteiger partial charge on any atom is -0.353 e. The van der Waals surface area contributed by atoms with Crippen molar-refractivity contribution in [1.29, 1.82) is 0 Å². The molecule has 0 radical (unpaired) electrons. The summed E-state index contributed by atoms with van der Waals surface area (Å²) in [6, 6.07) is 10.3. The topological polar surface area (TPSA) is 108 Å². The lowest BCUT2D eigenvalue weighted by atomic mass is 10.1. The molecule has 27 heavy (non-hydrogen) atoms. The molecule has 2 heterocycles. The van der Waals surface area contributed by atoms with Crippen LogP contribution < -0.4 is 10.6 Å². The molecule has 1 aliphatic rings. The largest absolute Gasteiger partial charge is 0.353 e. The van der Waals surface area contributed by atoms with E-state index < -0.39 is 27.9 Å². The van der Waals surface area contributed by atoms with Crippen LogP contribution >= 0.6 is 0 Å². The van der Waals surface area contributed by atoms with Gasteiger partial charge in [-0.25, -0.2) is 13.4 Å². The van der Waals surface area contributed by atoms with Gasteiger partial charge in [0.25, 0.3) is 0 Å². The van der Waals surface area contributed by atoms with Crippen molar-refractivity contribution in [3.8, 4) is 0 Å². The van der Waals surface area contributed by atoms with Crippen molar-refractivity contribution in [1.82, 2.24) is 14.6 Å². The summed E-state index contributed by atoms with van der Waals surface area (Å²) >= 11 is 0. The Balaban J connectivity index is 1.81. The van der Waals surface area contributed by atoms with Crippen LogP contribution in [-0.2, 0) is 19.6 Å². The Kier molecular flexibility index (Phi) is 5.52. The van der Waals surface area contributed by atoms with Gasteiger partial charge in [0.05, 0.1) is 11.3 Å². The molecule has 2 aromatic rings. The van der Waals surface area contributed by atoms with Crippen molar-refractivity contribution in [2.24, 2.45) is 0 Å². The number of hydrogen-bond donors (Lipinski definition) is 2. The number of carbonyl (C=O) groups excluding carboxylic acids is 2. The number of piperazine rings is 1. The summed E-state index contributed by atoms with van der Waals surface area (Å²) in [5, 5.41) is 5.20. The summed E-state index contributed by atoms with van der Waals surface area (Å²) in [5.74, 6) is -0.639. The molecule has 0 spiro atoms. The van der Waals surface area contributed by atoms with Crippen molar-refractivity contribution >= 4 is 27.7 Å². The summed E-state index contributed by atoms with van der Waals surface area (Å²) in [5.41, 5.74) is 0.927. The summed E-state index contributed by atoms with van der Waals surface area (Å²) in [7, 11) is -3.90. The Morgan fingerprint density at radius 1 is 1.26 bits per heavy atom. The third-order valence-electron chi connectivity index (χ3n) is 4.22. The fourth-order valence-electron chi connectivity index (χ4n) is 2.83. The highest BCUT2D eigenvalue weighted by molar-refractivity contribution is 7.89. The maximum Gasteiger partial charge on any atom is 0.243 e. The standard InChI is InChI=1S/C18H20N4O4S/c1-13-5-7-14(8-6-13)27(25,26)22-11-10-20-18(24)15(22)12-17(23)21-16-4-2-3-9-19-16/h2-9,15H,10-12H2,1H3,(H,20,24)(H,19,21,23)/t15-/m1/s1. The van der Waals surface area contributed by atoms with Gasteiger partial charge in [0.1, 0.15) is 11.9 Å². The molecule has 0 bridgehead atoms. The third kappa shape index (κ3) is 4.32. The summed E-state index contributed by atoms with van der Waals surface area (Å²) < 4.78 is 27.1. The quantitative estimate of drug-likeness (QED) is 0.791. The number of hydrogen-bond acceptors (Lipinski definition) is 5. The van der Waals surface area contributed by atoms with E-state index in [4.69, 9.17) is 0 Å². The van der Waals surface area contributed by atoms with E-state index in [1.165, 1.54) is 18.3 Å². The molecule has 3 rings (SSSR count). The minimum absolute atomic E-state index is 0.0953. The molecular formula is C18H20N4O4S. The number of aromatic nitrogens is 1. The van der Waals surface area contributed by atoms with E-state index in [0.29, 0.717) is 5.82 Å². The van der Waals surface area contributed by atoms with E-state index >= 15 is 0 Å². The van der Waals surface area contributed by atoms with Gasteiger partial charge in [0, 0.05) is 19.3 Å². The second-order valence-electron chi connectivity index (χ2n) is 6.20. The van der Waals surface area contributed by atoms with Crippen LogP contribution in [0.2, 0.25) is 0 Å². The molecule has 1 saturated heterocycles. The van der Waals surface area contributed by atoms with Gasteiger partial charge in [-0.1, -0.05) is 23.8 Å². The van der Waals surface area contributed by atoms with E-state index in [1.54, 1.807) is 30.3 Å². The Morgan fingerprint density at radius 3 is 2.67 bits per heavy atom. The molecule has 0 unspecified atom stereocenters. The molecular weight excluding hydrogens is 368 g/mol. The van der Waals surface area contributed by atoms with E-state index in [1.807, 2.05) is 6.92 Å². The lowest BCUT2D eigenvalue weighted by Gasteiger charge is -2.33. The first kappa shape index (κ1) is 19.0. The molecule has 0 aliphatic carbocycles. The zero-order chi connectivity index (χ0) is 19.4. The Hall–Kier alpha value is -2.78. The van der Waals surface area contributed by atoms with Gasteiger partial charge in [0.15, 0.2) is 0 Å². The normalized spacial score (nSPS) is 18.0. The van der Waals surface area contributed by atoms with Gasteiger partial charge in [0.2, 0.25) is 21.8 Å². The van der Waals surface area contributed by atoms with Crippen molar-refractivity contribution in [3.05, 3.63) is 54.2 Å². The highest BCUT2D eigenvalue weighted by Gasteiger charge is 2.39. The first-order chi connectivity index (χ1) is 12.9. The fourth-order valence-corrected chi connectivity index (χ4v) is 4.42. The first-order valence-electron chi connectivity index (χ1n) is 8.45. The molecule has 1 aliphatic heterocycles. The van der Waals surface area contributed by atoms with E-state index in [2.05, 4.69) is 15.6 Å². The monoisotopic (exact) mass is 388 g/mol. The molecule has 8 nitrogen and oxygen atoms in total. The summed E-state index contributed by atoms with van der Waals surface area (Å²) in [6.07, 6.45) is 1.23. The predicted molar refractivity (Wildman–Crippen MR) is 99.4 cm³/mol. The highest BCUT2D eigenvalue weighted by Crippen LogP contribution is 2.22. The Labute approximate surface area is 157 Å². The lowest BCUT2D eigenvalue weighted by Crippen LogP contribution is -2.57. The van der Waals surface area contributed by atoms with Crippen LogP contribution in [0.5, 0.6) is 0 Å². The molecule has 142 valence electrons. The smallest absolute Gasteiger partial charge is 0.243 e. The van der Waals surface area contributed by atoms with Crippen LogP contribution in [0, 0.1) is 6.92 Å². The SMILES string of the molecule is Cc1ccc(S(=O)(=O)N2CCNC(=O)[C@H]2CC(=O)Nc2ccccn2)cc1. The van der Waals surface area contributed by atoms with Gasteiger partial charge in [-0.15, -0.1) is 0 Å². The van der Waals surface area contributed by atoms with Crippen molar-refractivity contribution < 1.29 is 18.0 Å². The molecule has 0 saturated carbocycles. The number of nitrogens with one attached hydrogen (secondary N) is 2. The minimum atomic E-state index is -3.90. The van der Waals surface area contributed by atoms with Crippen LogP contribution in [0.4, 0.5) is 5.82 Å². The summed E-state index contributed by atoms with van der Waals surface area (Å²) in [4.78, 5) is 28.7. The number of amides is 2. The molecule has 9 heteroatoms. The second-order valence-corrected chi connectivity index (χ2v) is 8.09. The van der Waals surface area contributed by atoms with Gasteiger partial charge >= 0.3 is 0 Å². The van der Waals surface area contributed by atoms with Crippen molar-refractivity contribution in [3.63, 3.8) is 0 Å². The Bertz CT molecular complexity index is 930. The number of pyridine rings is 1. The fraction of sp³-hybridized carbons (Fsp3) is 0.278. The van der Waals surface area contributed by atoms with Gasteiger partial charge in [-0.3, -0.25) is 9.59 Å². The zero-order valence-electron chi connectivity index (χ0n) is 14.8. The molecule has 1 fully saturated rings. The molecule has 2 N–H and O–H groups in total. The molecule has 1 atom stereocenters. The lowest BCUT2D eigenvalue weighted by molar-refractivity contribution is -0.130.